The van der Waals surface area contributed by atoms with E-state index in [9.17, 15) is 4.79 Å². The van der Waals surface area contributed by atoms with Gasteiger partial charge in [-0.2, -0.15) is 0 Å². The number of rotatable bonds is 0. The van der Waals surface area contributed by atoms with E-state index in [4.69, 9.17) is 22.1 Å². The van der Waals surface area contributed by atoms with E-state index in [0.29, 0.717) is 29.4 Å². The highest BCUT2D eigenvalue weighted by Gasteiger charge is 2.26. The third-order valence-electron chi connectivity index (χ3n) is 2.91. The zero-order valence-electron chi connectivity index (χ0n) is 9.75. The molecule has 0 radical (unpaired) electrons. The molecular weight excluding hydrogens is 261 g/mol. The Bertz CT molecular complexity index is 460. The first kappa shape index (κ1) is 14.3. The van der Waals surface area contributed by atoms with Gasteiger partial charge < -0.3 is 10.5 Å². The van der Waals surface area contributed by atoms with Crippen molar-refractivity contribution in [2.24, 2.45) is 5.73 Å². The van der Waals surface area contributed by atoms with Gasteiger partial charge in [0.1, 0.15) is 5.75 Å². The fraction of sp³-hybridized carbons (Fsp3) is 0.417. The van der Waals surface area contributed by atoms with Crippen molar-refractivity contribution in [3.8, 4) is 5.75 Å². The number of ether oxygens (including phenoxy) is 1. The summed E-state index contributed by atoms with van der Waals surface area (Å²) in [7, 11) is 0. The summed E-state index contributed by atoms with van der Waals surface area (Å²) in [5, 5.41) is 0.616. The molecule has 3 nitrogen and oxygen atoms in total. The van der Waals surface area contributed by atoms with Crippen LogP contribution in [0.2, 0.25) is 5.02 Å². The molecule has 0 spiro atoms. The third kappa shape index (κ3) is 2.41. The van der Waals surface area contributed by atoms with Crippen LogP contribution in [0.25, 0.3) is 0 Å². The van der Waals surface area contributed by atoms with Gasteiger partial charge in [-0.15, -0.1) is 12.4 Å². The van der Waals surface area contributed by atoms with Crippen molar-refractivity contribution in [3.63, 3.8) is 0 Å². The molecule has 1 aromatic carbocycles. The van der Waals surface area contributed by atoms with E-state index >= 15 is 0 Å². The Morgan fingerprint density at radius 1 is 1.47 bits per heavy atom. The fourth-order valence-corrected chi connectivity index (χ4v) is 2.10. The molecule has 0 amide bonds. The maximum atomic E-state index is 12.1. The van der Waals surface area contributed by atoms with Gasteiger partial charge in [0.25, 0.3) is 0 Å². The molecule has 0 aromatic heterocycles. The number of Topliss-reactive ketones (excluding diaryl/α,β-unsaturated/α-hetero) is 1. The van der Waals surface area contributed by atoms with E-state index < -0.39 is 6.04 Å². The van der Waals surface area contributed by atoms with Crippen LogP contribution in [-0.2, 0) is 0 Å². The van der Waals surface area contributed by atoms with Gasteiger partial charge in [0, 0.05) is 11.4 Å². The van der Waals surface area contributed by atoms with Crippen LogP contribution in [0, 0.1) is 13.8 Å². The van der Waals surface area contributed by atoms with Gasteiger partial charge in [0.15, 0.2) is 5.78 Å². The molecular formula is C12H15Cl2NO2. The monoisotopic (exact) mass is 275 g/mol. The first-order chi connectivity index (χ1) is 7.52. The Labute approximate surface area is 112 Å². The molecule has 0 saturated carbocycles. The number of aryl methyl sites for hydroxylation is 1. The number of hydrogen-bond donors (Lipinski definition) is 1. The molecule has 2 rings (SSSR count). The van der Waals surface area contributed by atoms with Gasteiger partial charge >= 0.3 is 0 Å². The van der Waals surface area contributed by atoms with Gasteiger partial charge in [0.05, 0.1) is 18.2 Å². The van der Waals surface area contributed by atoms with Crippen molar-refractivity contribution in [2.45, 2.75) is 26.3 Å². The van der Waals surface area contributed by atoms with Crippen LogP contribution in [0.1, 0.15) is 27.9 Å². The van der Waals surface area contributed by atoms with Crippen molar-refractivity contribution in [2.75, 3.05) is 6.61 Å². The number of fused-ring (bicyclic) bond motifs is 1. The second kappa shape index (κ2) is 5.25. The Morgan fingerprint density at radius 2 is 2.12 bits per heavy atom. The van der Waals surface area contributed by atoms with Crippen molar-refractivity contribution in [1.82, 2.24) is 0 Å². The molecule has 5 heteroatoms. The van der Waals surface area contributed by atoms with E-state index in [-0.39, 0.29) is 18.2 Å². The summed E-state index contributed by atoms with van der Waals surface area (Å²) in [5.74, 6) is 0.532. The van der Waals surface area contributed by atoms with Crippen LogP contribution in [0.3, 0.4) is 0 Å². The standard InChI is InChI=1S/C12H14ClNO2.ClH/c1-6-5-9-10(7(2)11(6)13)12(15)8(14)3-4-16-9;/h5,8H,3-4,14H2,1-2H3;1H. The molecule has 0 saturated heterocycles. The van der Waals surface area contributed by atoms with Gasteiger partial charge in [-0.3, -0.25) is 4.79 Å². The van der Waals surface area contributed by atoms with Gasteiger partial charge in [-0.25, -0.2) is 0 Å². The Hall–Kier alpha value is -0.770. The number of carbonyl (C=O) groups is 1. The Kier molecular flexibility index (Phi) is 4.42. The summed E-state index contributed by atoms with van der Waals surface area (Å²) in [6.45, 7) is 4.20. The number of hydrogen-bond acceptors (Lipinski definition) is 3. The van der Waals surface area contributed by atoms with Crippen LogP contribution in [0.5, 0.6) is 5.75 Å². The van der Waals surface area contributed by atoms with Crippen molar-refractivity contribution in [1.29, 1.82) is 0 Å². The fourth-order valence-electron chi connectivity index (χ4n) is 1.95. The molecule has 0 fully saturated rings. The lowest BCUT2D eigenvalue weighted by molar-refractivity contribution is 0.0960. The van der Waals surface area contributed by atoms with E-state index in [1.807, 2.05) is 13.8 Å². The van der Waals surface area contributed by atoms with Crippen LogP contribution >= 0.6 is 24.0 Å². The highest BCUT2D eigenvalue weighted by molar-refractivity contribution is 6.32. The van der Waals surface area contributed by atoms with Crippen molar-refractivity contribution < 1.29 is 9.53 Å². The van der Waals surface area contributed by atoms with E-state index in [1.54, 1.807) is 6.07 Å². The summed E-state index contributed by atoms with van der Waals surface area (Å²) in [4.78, 5) is 12.1. The average Bonchev–Trinajstić information content (AvgIpc) is 2.37. The molecule has 94 valence electrons. The molecule has 1 aliphatic heterocycles. The number of carbonyl (C=O) groups excluding carboxylic acids is 1. The first-order valence-corrected chi connectivity index (χ1v) is 5.62. The van der Waals surface area contributed by atoms with Crippen molar-refractivity contribution in [3.05, 3.63) is 27.8 Å². The number of nitrogens with two attached hydrogens (primary N) is 1. The minimum absolute atomic E-state index is 0. The SMILES string of the molecule is Cc1cc2c(c(C)c1Cl)C(=O)C(N)CCO2.Cl. The molecule has 1 heterocycles. The lowest BCUT2D eigenvalue weighted by Gasteiger charge is -2.13. The zero-order valence-corrected chi connectivity index (χ0v) is 11.3. The molecule has 1 aromatic rings. The Balaban J connectivity index is 0.00000144. The van der Waals surface area contributed by atoms with Crippen LogP contribution in [-0.4, -0.2) is 18.4 Å². The minimum atomic E-state index is -0.487. The first-order valence-electron chi connectivity index (χ1n) is 5.24. The van der Waals surface area contributed by atoms with E-state index in [0.717, 1.165) is 11.1 Å². The molecule has 0 bridgehead atoms. The van der Waals surface area contributed by atoms with Crippen LogP contribution in [0.15, 0.2) is 6.07 Å². The summed E-state index contributed by atoms with van der Waals surface area (Å²) in [6.07, 6.45) is 0.545. The quantitative estimate of drug-likeness (QED) is 0.792. The predicted octanol–water partition coefficient (Wildman–Crippen LogP) is 2.67. The summed E-state index contributed by atoms with van der Waals surface area (Å²) >= 11 is 6.13. The Morgan fingerprint density at radius 3 is 2.76 bits per heavy atom. The summed E-state index contributed by atoms with van der Waals surface area (Å²) in [5.41, 5.74) is 8.00. The van der Waals surface area contributed by atoms with Crippen LogP contribution in [0.4, 0.5) is 0 Å². The number of benzene rings is 1. The summed E-state index contributed by atoms with van der Waals surface area (Å²) < 4.78 is 5.55. The molecule has 2 N–H and O–H groups in total. The lowest BCUT2D eigenvalue weighted by atomic mass is 9.96. The summed E-state index contributed by atoms with van der Waals surface area (Å²) in [6, 6.07) is 1.32. The predicted molar refractivity (Wildman–Crippen MR) is 70.6 cm³/mol. The average molecular weight is 276 g/mol. The van der Waals surface area contributed by atoms with E-state index in [1.165, 1.54) is 0 Å². The zero-order chi connectivity index (χ0) is 11.9. The highest BCUT2D eigenvalue weighted by Crippen LogP contribution is 2.34. The van der Waals surface area contributed by atoms with Gasteiger partial charge in [-0.1, -0.05) is 11.6 Å². The normalized spacial score (nSPS) is 18.8. The van der Waals surface area contributed by atoms with Gasteiger partial charge in [0.2, 0.25) is 0 Å². The maximum Gasteiger partial charge on any atom is 0.183 e. The molecule has 1 atom stereocenters. The van der Waals surface area contributed by atoms with Crippen LogP contribution < -0.4 is 10.5 Å². The van der Waals surface area contributed by atoms with E-state index in [2.05, 4.69) is 0 Å². The molecule has 17 heavy (non-hydrogen) atoms. The largest absolute Gasteiger partial charge is 0.493 e. The maximum absolute atomic E-state index is 12.1. The number of ketones is 1. The molecule has 1 unspecified atom stereocenters. The smallest absolute Gasteiger partial charge is 0.183 e. The van der Waals surface area contributed by atoms with Gasteiger partial charge in [-0.05, 0) is 31.0 Å². The molecule has 1 aliphatic rings. The lowest BCUT2D eigenvalue weighted by Crippen LogP contribution is -2.30. The topological polar surface area (TPSA) is 52.3 Å². The third-order valence-corrected chi connectivity index (χ3v) is 3.50. The molecule has 0 aliphatic carbocycles. The highest BCUT2D eigenvalue weighted by atomic mass is 35.5. The second-order valence-corrected chi connectivity index (χ2v) is 4.49. The van der Waals surface area contributed by atoms with Crippen molar-refractivity contribution >= 4 is 29.8 Å². The second-order valence-electron chi connectivity index (χ2n) is 4.11. The number of halogens is 2. The minimum Gasteiger partial charge on any atom is -0.493 e.